The van der Waals surface area contributed by atoms with Gasteiger partial charge >= 0.3 is 0 Å². The molecule has 0 spiro atoms. The quantitative estimate of drug-likeness (QED) is 0.906. The molecule has 1 aliphatic rings. The second-order valence-electron chi connectivity index (χ2n) is 6.15. The molecule has 0 radical (unpaired) electrons. The molecule has 3 rings (SSSR count). The van der Waals surface area contributed by atoms with Crippen molar-refractivity contribution in [3.8, 4) is 0 Å². The summed E-state index contributed by atoms with van der Waals surface area (Å²) in [7, 11) is 0. The van der Waals surface area contributed by atoms with Gasteiger partial charge in [0.15, 0.2) is 0 Å². The van der Waals surface area contributed by atoms with Crippen molar-refractivity contribution in [2.45, 2.75) is 32.7 Å². The first-order valence-corrected chi connectivity index (χ1v) is 8.68. The lowest BCUT2D eigenvalue weighted by molar-refractivity contribution is 0.0949. The summed E-state index contributed by atoms with van der Waals surface area (Å²) in [5, 5.41) is 4.91. The number of carbonyl (C=O) groups excluding carboxylic acids is 2. The Morgan fingerprint density at radius 3 is 3.00 bits per heavy atom. The lowest BCUT2D eigenvalue weighted by atomic mass is 9.88. The first-order chi connectivity index (χ1) is 11.0. The van der Waals surface area contributed by atoms with Gasteiger partial charge in [-0.05, 0) is 48.4 Å². The van der Waals surface area contributed by atoms with E-state index >= 15 is 0 Å². The molecule has 1 atom stereocenters. The molecule has 1 aromatic heterocycles. The highest BCUT2D eigenvalue weighted by atomic mass is 32.1. The third-order valence-electron chi connectivity index (χ3n) is 4.31. The first-order valence-electron chi connectivity index (χ1n) is 7.80. The van der Waals surface area contributed by atoms with Crippen LogP contribution in [0.4, 0.5) is 0 Å². The molecule has 5 heteroatoms. The third-order valence-corrected chi connectivity index (χ3v) is 5.36. The Labute approximate surface area is 139 Å². The monoisotopic (exact) mass is 328 g/mol. The van der Waals surface area contributed by atoms with Crippen LogP contribution >= 0.6 is 11.3 Å². The van der Waals surface area contributed by atoms with Crippen molar-refractivity contribution in [1.29, 1.82) is 0 Å². The molecule has 1 aromatic carbocycles. The van der Waals surface area contributed by atoms with E-state index in [1.165, 1.54) is 10.4 Å². The summed E-state index contributed by atoms with van der Waals surface area (Å²) in [6.45, 7) is 2.65. The van der Waals surface area contributed by atoms with Gasteiger partial charge < -0.3 is 11.1 Å². The molecule has 2 aromatic rings. The number of amides is 2. The van der Waals surface area contributed by atoms with Gasteiger partial charge in [0.25, 0.3) is 5.91 Å². The van der Waals surface area contributed by atoms with Gasteiger partial charge in [0.05, 0.1) is 5.56 Å². The zero-order valence-corrected chi connectivity index (χ0v) is 13.9. The molecule has 0 saturated carbocycles. The van der Waals surface area contributed by atoms with Crippen molar-refractivity contribution in [2.75, 3.05) is 0 Å². The van der Waals surface area contributed by atoms with E-state index < -0.39 is 5.91 Å². The number of hydrogen-bond donors (Lipinski definition) is 2. The van der Waals surface area contributed by atoms with Crippen molar-refractivity contribution < 1.29 is 9.59 Å². The Hall–Kier alpha value is -2.14. The lowest BCUT2D eigenvalue weighted by Crippen LogP contribution is -2.24. The molecule has 0 fully saturated rings. The topological polar surface area (TPSA) is 72.2 Å². The number of nitrogens with one attached hydrogen (secondary N) is 1. The van der Waals surface area contributed by atoms with E-state index in [0.29, 0.717) is 18.0 Å². The lowest BCUT2D eigenvalue weighted by Gasteiger charge is -2.18. The van der Waals surface area contributed by atoms with Gasteiger partial charge in [-0.15, -0.1) is 11.3 Å². The minimum Gasteiger partial charge on any atom is -0.366 e. The number of hydrogen-bond acceptors (Lipinski definition) is 3. The second kappa shape index (κ2) is 6.54. The standard InChI is InChI=1S/C18H20N2O2S/c1-11-5-6-14-15(10-23-16(14)7-11)18(22)20-9-12-3-2-4-13(8-12)17(19)21/h2-4,8,10-11H,5-7,9H2,1H3,(H2,19,21)(H,20,22). The average molecular weight is 328 g/mol. The Morgan fingerprint density at radius 2 is 2.22 bits per heavy atom. The van der Waals surface area contributed by atoms with Gasteiger partial charge in [-0.1, -0.05) is 19.1 Å². The van der Waals surface area contributed by atoms with E-state index in [1.807, 2.05) is 11.4 Å². The molecule has 0 aliphatic heterocycles. The fourth-order valence-corrected chi connectivity index (χ4v) is 4.22. The van der Waals surface area contributed by atoms with E-state index in [1.54, 1.807) is 29.5 Å². The van der Waals surface area contributed by atoms with Crippen LogP contribution in [0.3, 0.4) is 0 Å². The first kappa shape index (κ1) is 15.7. The maximum atomic E-state index is 12.5. The highest BCUT2D eigenvalue weighted by molar-refractivity contribution is 7.10. The molecular weight excluding hydrogens is 308 g/mol. The van der Waals surface area contributed by atoms with Crippen LogP contribution in [-0.4, -0.2) is 11.8 Å². The molecule has 23 heavy (non-hydrogen) atoms. The van der Waals surface area contributed by atoms with E-state index in [-0.39, 0.29) is 5.91 Å². The Morgan fingerprint density at radius 1 is 1.39 bits per heavy atom. The fourth-order valence-electron chi connectivity index (χ4n) is 2.98. The number of thiophene rings is 1. The highest BCUT2D eigenvalue weighted by Crippen LogP contribution is 2.32. The normalized spacial score (nSPS) is 16.7. The number of primary amides is 1. The van der Waals surface area contributed by atoms with Crippen LogP contribution in [0, 0.1) is 5.92 Å². The highest BCUT2D eigenvalue weighted by Gasteiger charge is 2.22. The molecule has 0 bridgehead atoms. The summed E-state index contributed by atoms with van der Waals surface area (Å²) in [5.41, 5.74) is 8.63. The van der Waals surface area contributed by atoms with Crippen molar-refractivity contribution >= 4 is 23.2 Å². The average Bonchev–Trinajstić information content (AvgIpc) is 2.95. The fraction of sp³-hybridized carbons (Fsp3) is 0.333. The predicted molar refractivity (Wildman–Crippen MR) is 91.6 cm³/mol. The van der Waals surface area contributed by atoms with Crippen molar-refractivity contribution in [3.63, 3.8) is 0 Å². The predicted octanol–water partition coefficient (Wildman–Crippen LogP) is 2.90. The van der Waals surface area contributed by atoms with Crippen LogP contribution in [0.1, 0.15) is 50.1 Å². The molecule has 3 N–H and O–H groups in total. The summed E-state index contributed by atoms with van der Waals surface area (Å²) < 4.78 is 0. The van der Waals surface area contributed by atoms with Crippen LogP contribution < -0.4 is 11.1 Å². The van der Waals surface area contributed by atoms with Gasteiger partial charge in [-0.25, -0.2) is 0 Å². The molecule has 2 amide bonds. The van der Waals surface area contributed by atoms with E-state index in [0.717, 1.165) is 30.4 Å². The maximum absolute atomic E-state index is 12.5. The van der Waals surface area contributed by atoms with Gasteiger partial charge in [-0.2, -0.15) is 0 Å². The smallest absolute Gasteiger partial charge is 0.252 e. The minimum absolute atomic E-state index is 0.0402. The van der Waals surface area contributed by atoms with Gasteiger partial charge in [0, 0.05) is 22.4 Å². The Balaban J connectivity index is 1.69. The Kier molecular flexibility index (Phi) is 4.48. The third kappa shape index (κ3) is 3.45. The van der Waals surface area contributed by atoms with Crippen LogP contribution in [-0.2, 0) is 19.4 Å². The molecule has 1 unspecified atom stereocenters. The molecule has 1 aliphatic carbocycles. The molecule has 120 valence electrons. The van der Waals surface area contributed by atoms with Gasteiger partial charge in [0.2, 0.25) is 5.91 Å². The summed E-state index contributed by atoms with van der Waals surface area (Å²) in [6, 6.07) is 7.03. The van der Waals surface area contributed by atoms with Crippen molar-refractivity contribution in [2.24, 2.45) is 11.7 Å². The molecule has 0 saturated heterocycles. The summed E-state index contributed by atoms with van der Waals surface area (Å²) in [5.74, 6) is 0.203. The summed E-state index contributed by atoms with van der Waals surface area (Å²) >= 11 is 1.69. The zero-order chi connectivity index (χ0) is 16.4. The Bertz CT molecular complexity index is 751. The molecule has 1 heterocycles. The number of fused-ring (bicyclic) bond motifs is 1. The SMILES string of the molecule is CC1CCc2c(C(=O)NCc3cccc(C(N)=O)c3)csc2C1. The van der Waals surface area contributed by atoms with E-state index in [4.69, 9.17) is 5.73 Å². The van der Waals surface area contributed by atoms with Gasteiger partial charge in [0.1, 0.15) is 0 Å². The van der Waals surface area contributed by atoms with Crippen LogP contribution in [0.15, 0.2) is 29.6 Å². The number of carbonyl (C=O) groups is 2. The largest absolute Gasteiger partial charge is 0.366 e. The molecule has 4 nitrogen and oxygen atoms in total. The van der Waals surface area contributed by atoms with Gasteiger partial charge in [-0.3, -0.25) is 9.59 Å². The number of benzene rings is 1. The number of rotatable bonds is 4. The molecular formula is C18H20N2O2S. The summed E-state index contributed by atoms with van der Waals surface area (Å²) in [6.07, 6.45) is 3.21. The van der Waals surface area contributed by atoms with Crippen molar-refractivity contribution in [3.05, 3.63) is 56.8 Å². The van der Waals surface area contributed by atoms with E-state index in [9.17, 15) is 9.59 Å². The van der Waals surface area contributed by atoms with Crippen LogP contribution in [0.5, 0.6) is 0 Å². The zero-order valence-electron chi connectivity index (χ0n) is 13.1. The van der Waals surface area contributed by atoms with Crippen molar-refractivity contribution in [1.82, 2.24) is 5.32 Å². The van der Waals surface area contributed by atoms with Crippen LogP contribution in [0.25, 0.3) is 0 Å². The number of nitrogens with two attached hydrogens (primary N) is 1. The summed E-state index contributed by atoms with van der Waals surface area (Å²) in [4.78, 5) is 25.0. The second-order valence-corrected chi connectivity index (χ2v) is 7.11. The minimum atomic E-state index is -0.459. The maximum Gasteiger partial charge on any atom is 0.252 e. The van der Waals surface area contributed by atoms with Crippen LogP contribution in [0.2, 0.25) is 0 Å². The van der Waals surface area contributed by atoms with E-state index in [2.05, 4.69) is 12.2 Å².